The molecule has 3 aromatic heterocycles. The highest BCUT2D eigenvalue weighted by Crippen LogP contribution is 2.36. The van der Waals surface area contributed by atoms with E-state index < -0.39 is 11.7 Å². The first kappa shape index (κ1) is 25.1. The Morgan fingerprint density at radius 2 is 1.90 bits per heavy atom. The average Bonchev–Trinajstić information content (AvgIpc) is 3.52. The van der Waals surface area contributed by atoms with Crippen molar-refractivity contribution in [3.63, 3.8) is 0 Å². The van der Waals surface area contributed by atoms with E-state index in [4.69, 9.17) is 14.8 Å². The van der Waals surface area contributed by atoms with Crippen LogP contribution in [0.2, 0.25) is 0 Å². The molecule has 1 N–H and O–H groups in total. The van der Waals surface area contributed by atoms with Crippen LogP contribution in [0.4, 0.5) is 20.8 Å². The van der Waals surface area contributed by atoms with Crippen molar-refractivity contribution in [2.75, 3.05) is 29.4 Å². The van der Waals surface area contributed by atoms with Crippen LogP contribution in [-0.2, 0) is 4.74 Å². The van der Waals surface area contributed by atoms with Crippen molar-refractivity contribution in [1.29, 1.82) is 0 Å². The summed E-state index contributed by atoms with van der Waals surface area (Å²) in [7, 11) is 0. The molecule has 2 fully saturated rings. The Kier molecular flexibility index (Phi) is 6.32. The molecule has 0 aliphatic carbocycles. The van der Waals surface area contributed by atoms with Crippen LogP contribution in [0.15, 0.2) is 60.8 Å². The summed E-state index contributed by atoms with van der Waals surface area (Å²) in [5.74, 6) is 1.43. The molecule has 1 aromatic carbocycles. The number of ether oxygens (including phenoxy) is 1. The number of halogens is 1. The largest absolute Gasteiger partial charge is 0.444 e. The molecule has 2 aliphatic rings. The fourth-order valence-corrected chi connectivity index (χ4v) is 5.27. The zero-order valence-electron chi connectivity index (χ0n) is 22.3. The Hall–Kier alpha value is -4.21. The average molecular weight is 530 g/mol. The minimum Gasteiger partial charge on any atom is -0.444 e. The number of hydrogen-bond acceptors (Lipinski definition) is 7. The number of carbonyl (C=O) groups is 1. The lowest BCUT2D eigenvalue weighted by molar-refractivity contribution is 0.0496. The van der Waals surface area contributed by atoms with E-state index in [1.54, 1.807) is 18.3 Å². The predicted octanol–water partition coefficient (Wildman–Crippen LogP) is 4.99. The summed E-state index contributed by atoms with van der Waals surface area (Å²) in [4.78, 5) is 25.9. The van der Waals surface area contributed by atoms with Gasteiger partial charge in [-0.2, -0.15) is 0 Å². The molecule has 4 aromatic rings. The van der Waals surface area contributed by atoms with E-state index in [9.17, 15) is 9.18 Å². The number of carbonyl (C=O) groups excluding carboxylic acids is 1. The summed E-state index contributed by atoms with van der Waals surface area (Å²) in [5, 5.41) is 7.86. The maximum Gasteiger partial charge on any atom is 0.407 e. The third-order valence-corrected chi connectivity index (χ3v) is 7.05. The first-order chi connectivity index (χ1) is 18.7. The Bertz CT molecular complexity index is 1510. The number of benzene rings is 1. The van der Waals surface area contributed by atoms with Crippen LogP contribution in [-0.4, -0.2) is 57.0 Å². The number of rotatable bonds is 5. The second kappa shape index (κ2) is 9.83. The Morgan fingerprint density at radius 1 is 1.08 bits per heavy atom. The molecule has 1 amide bonds. The normalized spacial score (nSPS) is 17.9. The van der Waals surface area contributed by atoms with Crippen molar-refractivity contribution in [3.8, 4) is 11.4 Å². The first-order valence-corrected chi connectivity index (χ1v) is 13.3. The number of anilines is 2. The van der Waals surface area contributed by atoms with Gasteiger partial charge in [-0.15, -0.1) is 5.10 Å². The summed E-state index contributed by atoms with van der Waals surface area (Å²) in [6, 6.07) is 16.7. The third-order valence-electron chi connectivity index (χ3n) is 7.05. The van der Waals surface area contributed by atoms with Crippen LogP contribution < -0.4 is 15.1 Å². The third kappa shape index (κ3) is 5.23. The van der Waals surface area contributed by atoms with E-state index in [1.807, 2.05) is 61.7 Å². The zero-order chi connectivity index (χ0) is 27.1. The van der Waals surface area contributed by atoms with Gasteiger partial charge in [0.2, 0.25) is 0 Å². The Labute approximate surface area is 226 Å². The molecule has 2 aliphatic heterocycles. The maximum atomic E-state index is 13.9. The predicted molar refractivity (Wildman–Crippen MR) is 147 cm³/mol. The number of imidazole rings is 1. The number of pyridine rings is 1. The molecule has 0 bridgehead atoms. The monoisotopic (exact) mass is 529 g/mol. The molecule has 5 heterocycles. The Morgan fingerprint density at radius 3 is 2.69 bits per heavy atom. The SMILES string of the molecule is CC(C)(C)OC(=O)NC1CN(c2cccc(-c3cnc4ccc(N5CCC[C@@H]5c5cccc(F)c5)nn34)n2)C1. The molecule has 2 saturated heterocycles. The van der Waals surface area contributed by atoms with Crippen LogP contribution in [0.3, 0.4) is 0 Å². The van der Waals surface area contributed by atoms with E-state index in [-0.39, 0.29) is 17.9 Å². The number of amides is 1. The molecule has 0 radical (unpaired) electrons. The van der Waals surface area contributed by atoms with E-state index in [1.165, 1.54) is 6.07 Å². The van der Waals surface area contributed by atoms with Crippen molar-refractivity contribution in [2.24, 2.45) is 0 Å². The maximum absolute atomic E-state index is 13.9. The molecule has 6 rings (SSSR count). The van der Waals surface area contributed by atoms with Crippen LogP contribution in [0.5, 0.6) is 0 Å². The zero-order valence-corrected chi connectivity index (χ0v) is 22.3. The topological polar surface area (TPSA) is 87.9 Å². The van der Waals surface area contributed by atoms with Gasteiger partial charge in [0.05, 0.1) is 24.0 Å². The number of aromatic nitrogens is 4. The highest BCUT2D eigenvalue weighted by molar-refractivity contribution is 5.69. The van der Waals surface area contributed by atoms with Gasteiger partial charge in [0, 0.05) is 19.6 Å². The van der Waals surface area contributed by atoms with Gasteiger partial charge >= 0.3 is 6.09 Å². The number of hydrogen-bond donors (Lipinski definition) is 1. The fourth-order valence-electron chi connectivity index (χ4n) is 5.27. The van der Waals surface area contributed by atoms with Crippen LogP contribution in [0.1, 0.15) is 45.2 Å². The lowest BCUT2D eigenvalue weighted by atomic mass is 10.0. The Balaban J connectivity index is 1.20. The summed E-state index contributed by atoms with van der Waals surface area (Å²) in [5.41, 5.74) is 2.72. The summed E-state index contributed by atoms with van der Waals surface area (Å²) in [6.45, 7) is 7.71. The molecule has 0 saturated carbocycles. The molecular formula is C29H32FN7O2. The summed E-state index contributed by atoms with van der Waals surface area (Å²) in [6.07, 6.45) is 3.35. The standard InChI is InChI=1S/C29H32FN7O2/c1-29(2,3)39-28(38)32-21-17-35(18-21)26-11-5-9-22(33-26)24-16-31-25-12-13-27(34-37(24)25)36-14-6-10-23(36)19-7-4-8-20(30)15-19/h4-5,7-9,11-13,15-16,21,23H,6,10,14,17-18H2,1-3H3,(H,32,38)/t23-/m1/s1. The minimum atomic E-state index is -0.527. The molecule has 10 heteroatoms. The van der Waals surface area contributed by atoms with E-state index in [0.29, 0.717) is 13.1 Å². The van der Waals surface area contributed by atoms with Crippen LogP contribution in [0.25, 0.3) is 17.0 Å². The second-order valence-corrected chi connectivity index (χ2v) is 11.1. The molecule has 9 nitrogen and oxygen atoms in total. The van der Waals surface area contributed by atoms with Crippen LogP contribution >= 0.6 is 0 Å². The molecule has 0 spiro atoms. The van der Waals surface area contributed by atoms with Gasteiger partial charge in [-0.05, 0) is 75.6 Å². The van der Waals surface area contributed by atoms with Gasteiger partial charge in [-0.1, -0.05) is 18.2 Å². The van der Waals surface area contributed by atoms with Gasteiger partial charge in [0.15, 0.2) is 5.65 Å². The highest BCUT2D eigenvalue weighted by atomic mass is 19.1. The number of fused-ring (bicyclic) bond motifs is 1. The van der Waals surface area contributed by atoms with E-state index >= 15 is 0 Å². The van der Waals surface area contributed by atoms with E-state index in [0.717, 1.165) is 53.6 Å². The fraction of sp³-hybridized carbons (Fsp3) is 0.379. The lowest BCUT2D eigenvalue weighted by Gasteiger charge is -2.40. The lowest BCUT2D eigenvalue weighted by Crippen LogP contribution is -2.60. The van der Waals surface area contributed by atoms with Gasteiger partial charge in [-0.25, -0.2) is 23.7 Å². The quantitative estimate of drug-likeness (QED) is 0.390. The summed E-state index contributed by atoms with van der Waals surface area (Å²) < 4.78 is 21.1. The van der Waals surface area contributed by atoms with Crippen molar-refractivity contribution in [1.82, 2.24) is 24.9 Å². The van der Waals surface area contributed by atoms with Gasteiger partial charge in [0.1, 0.15) is 28.7 Å². The smallest absolute Gasteiger partial charge is 0.407 e. The summed E-state index contributed by atoms with van der Waals surface area (Å²) >= 11 is 0. The van der Waals surface area contributed by atoms with Crippen LogP contribution in [0, 0.1) is 5.82 Å². The molecule has 39 heavy (non-hydrogen) atoms. The number of nitrogens with zero attached hydrogens (tertiary/aromatic N) is 6. The minimum absolute atomic E-state index is 0.0109. The number of alkyl carbamates (subject to hydrolysis) is 1. The van der Waals surface area contributed by atoms with Gasteiger partial charge in [-0.3, -0.25) is 0 Å². The van der Waals surface area contributed by atoms with Crippen molar-refractivity contribution in [2.45, 2.75) is 51.3 Å². The molecule has 0 unspecified atom stereocenters. The molecule has 202 valence electrons. The second-order valence-electron chi connectivity index (χ2n) is 11.1. The van der Waals surface area contributed by atoms with Crippen molar-refractivity contribution < 1.29 is 13.9 Å². The first-order valence-electron chi connectivity index (χ1n) is 13.3. The molecular weight excluding hydrogens is 497 g/mol. The number of nitrogens with one attached hydrogen (secondary N) is 1. The molecule has 1 atom stereocenters. The van der Waals surface area contributed by atoms with Gasteiger partial charge < -0.3 is 19.9 Å². The van der Waals surface area contributed by atoms with Crippen molar-refractivity contribution >= 4 is 23.4 Å². The van der Waals surface area contributed by atoms with E-state index in [2.05, 4.69) is 20.1 Å². The van der Waals surface area contributed by atoms with Crippen molar-refractivity contribution in [3.05, 3.63) is 72.2 Å². The van der Waals surface area contributed by atoms with Gasteiger partial charge in [0.25, 0.3) is 0 Å². The highest BCUT2D eigenvalue weighted by Gasteiger charge is 2.31.